The Morgan fingerprint density at radius 3 is 2.70 bits per heavy atom. The van der Waals surface area contributed by atoms with Gasteiger partial charge in [-0.25, -0.2) is 0 Å². The van der Waals surface area contributed by atoms with Gasteiger partial charge in [-0.05, 0) is 37.3 Å². The lowest BCUT2D eigenvalue weighted by Gasteiger charge is -2.35. The molecule has 1 N–H and O–H groups in total. The molecule has 0 aromatic carbocycles. The van der Waals surface area contributed by atoms with Crippen molar-refractivity contribution in [3.8, 4) is 0 Å². The molecule has 4 nitrogen and oxygen atoms in total. The van der Waals surface area contributed by atoms with Crippen LogP contribution in [0.25, 0.3) is 0 Å². The molecular weight excluding hydrogens is 250 g/mol. The minimum Gasteiger partial charge on any atom is -0.380 e. The first kappa shape index (κ1) is 15.5. The van der Waals surface area contributed by atoms with Gasteiger partial charge in [-0.2, -0.15) is 5.10 Å². The van der Waals surface area contributed by atoms with Gasteiger partial charge in [0.2, 0.25) is 0 Å². The molecule has 1 aliphatic carbocycles. The Labute approximate surface area is 122 Å². The van der Waals surface area contributed by atoms with Crippen molar-refractivity contribution in [3.63, 3.8) is 0 Å². The number of likely N-dealkylation sites (N-methyl/N-ethyl adjacent to an activating group) is 1. The molecule has 1 fully saturated rings. The van der Waals surface area contributed by atoms with Crippen molar-refractivity contribution in [2.45, 2.75) is 57.6 Å². The number of nitrogens with zero attached hydrogens (tertiary/aromatic N) is 2. The molecule has 2 rings (SSSR count). The van der Waals surface area contributed by atoms with E-state index in [2.05, 4.69) is 23.5 Å². The summed E-state index contributed by atoms with van der Waals surface area (Å²) >= 11 is 0. The van der Waals surface area contributed by atoms with E-state index in [-0.39, 0.29) is 0 Å². The van der Waals surface area contributed by atoms with E-state index in [4.69, 9.17) is 4.74 Å². The molecule has 1 aliphatic rings. The Morgan fingerprint density at radius 2 is 2.15 bits per heavy atom. The maximum atomic E-state index is 5.89. The molecule has 2 unspecified atom stereocenters. The van der Waals surface area contributed by atoms with Crippen LogP contribution in [0, 0.1) is 5.92 Å². The topological polar surface area (TPSA) is 39.1 Å². The molecule has 4 heteroatoms. The first-order valence-electron chi connectivity index (χ1n) is 7.98. The van der Waals surface area contributed by atoms with Crippen LogP contribution in [0.2, 0.25) is 0 Å². The average molecular weight is 279 g/mol. The largest absolute Gasteiger partial charge is 0.380 e. The lowest BCUT2D eigenvalue weighted by atomic mass is 9.81. The van der Waals surface area contributed by atoms with E-state index in [1.165, 1.54) is 37.7 Å². The van der Waals surface area contributed by atoms with Gasteiger partial charge >= 0.3 is 0 Å². The zero-order valence-corrected chi connectivity index (χ0v) is 13.1. The second kappa shape index (κ2) is 7.79. The SMILES string of the molecule is CCNC(Cc1cnn(C)c1)C(OC)C1CCCCC1. The number of methoxy groups -OCH3 is 1. The van der Waals surface area contributed by atoms with Crippen LogP contribution in [-0.2, 0) is 18.2 Å². The number of aromatic nitrogens is 2. The van der Waals surface area contributed by atoms with Crippen molar-refractivity contribution < 1.29 is 4.74 Å². The highest BCUT2D eigenvalue weighted by molar-refractivity contribution is 5.07. The van der Waals surface area contributed by atoms with Gasteiger partial charge in [0.1, 0.15) is 0 Å². The number of hydrogen-bond donors (Lipinski definition) is 1. The van der Waals surface area contributed by atoms with Crippen LogP contribution in [-0.4, -0.2) is 35.6 Å². The van der Waals surface area contributed by atoms with E-state index in [1.807, 2.05) is 25.0 Å². The predicted octanol–water partition coefficient (Wildman–Crippen LogP) is 2.54. The monoisotopic (exact) mass is 279 g/mol. The van der Waals surface area contributed by atoms with Crippen LogP contribution in [0.4, 0.5) is 0 Å². The van der Waals surface area contributed by atoms with Crippen LogP contribution >= 0.6 is 0 Å². The minimum absolute atomic E-state index is 0.315. The Kier molecular flexibility index (Phi) is 6.05. The molecule has 0 amide bonds. The summed E-state index contributed by atoms with van der Waals surface area (Å²) in [7, 11) is 3.84. The van der Waals surface area contributed by atoms with Gasteiger partial charge in [0.05, 0.1) is 12.3 Å². The van der Waals surface area contributed by atoms with Crippen LogP contribution in [0.5, 0.6) is 0 Å². The standard InChI is InChI=1S/C16H29N3O/c1-4-17-15(10-13-11-18-19(2)12-13)16(20-3)14-8-6-5-7-9-14/h11-12,14-17H,4-10H2,1-3H3. The number of hydrogen-bond acceptors (Lipinski definition) is 3. The molecule has 1 aromatic heterocycles. The zero-order chi connectivity index (χ0) is 14.4. The summed E-state index contributed by atoms with van der Waals surface area (Å²) in [4.78, 5) is 0. The molecule has 0 spiro atoms. The Morgan fingerprint density at radius 1 is 1.40 bits per heavy atom. The highest BCUT2D eigenvalue weighted by Crippen LogP contribution is 2.30. The van der Waals surface area contributed by atoms with Gasteiger partial charge in [-0.1, -0.05) is 26.2 Å². The molecule has 1 heterocycles. The van der Waals surface area contributed by atoms with E-state index < -0.39 is 0 Å². The molecular formula is C16H29N3O. The van der Waals surface area contributed by atoms with E-state index in [9.17, 15) is 0 Å². The third-order valence-corrected chi connectivity index (χ3v) is 4.46. The van der Waals surface area contributed by atoms with Gasteiger partial charge < -0.3 is 10.1 Å². The fourth-order valence-corrected chi connectivity index (χ4v) is 3.55. The minimum atomic E-state index is 0.315. The predicted molar refractivity (Wildman–Crippen MR) is 81.7 cm³/mol. The summed E-state index contributed by atoms with van der Waals surface area (Å²) in [5, 5.41) is 7.90. The summed E-state index contributed by atoms with van der Waals surface area (Å²) in [5.74, 6) is 0.703. The fraction of sp³-hybridized carbons (Fsp3) is 0.812. The fourth-order valence-electron chi connectivity index (χ4n) is 3.55. The zero-order valence-electron chi connectivity index (χ0n) is 13.1. The van der Waals surface area contributed by atoms with Crippen LogP contribution in [0.1, 0.15) is 44.6 Å². The van der Waals surface area contributed by atoms with E-state index >= 15 is 0 Å². The third-order valence-electron chi connectivity index (χ3n) is 4.46. The molecule has 114 valence electrons. The number of nitrogens with one attached hydrogen (secondary N) is 1. The quantitative estimate of drug-likeness (QED) is 0.833. The van der Waals surface area contributed by atoms with Crippen molar-refractivity contribution in [1.29, 1.82) is 0 Å². The maximum Gasteiger partial charge on any atom is 0.0755 e. The Hall–Kier alpha value is -0.870. The second-order valence-electron chi connectivity index (χ2n) is 5.99. The van der Waals surface area contributed by atoms with Crippen molar-refractivity contribution in [1.82, 2.24) is 15.1 Å². The summed E-state index contributed by atoms with van der Waals surface area (Å²) in [6, 6.07) is 0.386. The van der Waals surface area contributed by atoms with Gasteiger partial charge in [0.25, 0.3) is 0 Å². The van der Waals surface area contributed by atoms with Crippen molar-refractivity contribution in [3.05, 3.63) is 18.0 Å². The molecule has 0 aliphatic heterocycles. The summed E-state index contributed by atoms with van der Waals surface area (Å²) in [6.07, 6.45) is 12.1. The second-order valence-corrected chi connectivity index (χ2v) is 5.99. The smallest absolute Gasteiger partial charge is 0.0755 e. The molecule has 0 radical (unpaired) electrons. The van der Waals surface area contributed by atoms with E-state index in [0.717, 1.165) is 13.0 Å². The van der Waals surface area contributed by atoms with Crippen LogP contribution in [0.15, 0.2) is 12.4 Å². The van der Waals surface area contributed by atoms with Gasteiger partial charge in [-0.3, -0.25) is 4.68 Å². The van der Waals surface area contributed by atoms with Crippen LogP contribution < -0.4 is 5.32 Å². The number of rotatable bonds is 7. The highest BCUT2D eigenvalue weighted by Gasteiger charge is 2.30. The first-order chi connectivity index (χ1) is 9.74. The average Bonchev–Trinajstić information content (AvgIpc) is 2.86. The first-order valence-corrected chi connectivity index (χ1v) is 7.98. The van der Waals surface area contributed by atoms with Crippen molar-refractivity contribution >= 4 is 0 Å². The molecule has 1 aromatic rings. The summed E-state index contributed by atoms with van der Waals surface area (Å²) < 4.78 is 7.77. The van der Waals surface area contributed by atoms with Crippen molar-refractivity contribution in [2.24, 2.45) is 13.0 Å². The van der Waals surface area contributed by atoms with Crippen LogP contribution in [0.3, 0.4) is 0 Å². The highest BCUT2D eigenvalue weighted by atomic mass is 16.5. The molecule has 1 saturated carbocycles. The van der Waals surface area contributed by atoms with E-state index in [0.29, 0.717) is 18.1 Å². The normalized spacial score (nSPS) is 19.9. The maximum absolute atomic E-state index is 5.89. The third kappa shape index (κ3) is 4.06. The molecule has 0 bridgehead atoms. The van der Waals surface area contributed by atoms with Gasteiger partial charge in [-0.15, -0.1) is 0 Å². The lowest BCUT2D eigenvalue weighted by molar-refractivity contribution is 0.00868. The lowest BCUT2D eigenvalue weighted by Crippen LogP contribution is -2.46. The van der Waals surface area contributed by atoms with Gasteiger partial charge in [0.15, 0.2) is 0 Å². The van der Waals surface area contributed by atoms with Crippen molar-refractivity contribution in [2.75, 3.05) is 13.7 Å². The molecule has 2 atom stereocenters. The van der Waals surface area contributed by atoms with E-state index in [1.54, 1.807) is 0 Å². The van der Waals surface area contributed by atoms with Gasteiger partial charge in [0, 0.05) is 26.4 Å². The summed E-state index contributed by atoms with van der Waals surface area (Å²) in [6.45, 7) is 3.15. The number of ether oxygens (including phenoxy) is 1. The molecule has 20 heavy (non-hydrogen) atoms. The Bertz CT molecular complexity index is 385. The molecule has 0 saturated heterocycles. The number of aryl methyl sites for hydroxylation is 1. The summed E-state index contributed by atoms with van der Waals surface area (Å²) in [5.41, 5.74) is 1.29. The Balaban J connectivity index is 2.03.